The predicted molar refractivity (Wildman–Crippen MR) is 101 cm³/mol. The van der Waals surface area contributed by atoms with Gasteiger partial charge >= 0.3 is 5.91 Å². The number of nitrogens with two attached hydrogens (primary N) is 1. The van der Waals surface area contributed by atoms with Crippen LogP contribution in [-0.2, 0) is 14.9 Å². The molecule has 0 aliphatic rings. The lowest BCUT2D eigenvalue weighted by Gasteiger charge is -2.20. The summed E-state index contributed by atoms with van der Waals surface area (Å²) in [5, 5.41) is 1.56. The molecule has 0 aromatic rings. The smallest absolute Gasteiger partial charge is 0.316 e. The number of quaternary nitrogens is 1. The molecule has 0 radical (unpaired) electrons. The molecule has 0 fully saturated rings. The van der Waals surface area contributed by atoms with Crippen molar-refractivity contribution in [2.45, 2.75) is 97.8 Å². The Bertz CT molecular complexity index is 446. The van der Waals surface area contributed by atoms with Gasteiger partial charge in [-0.25, -0.2) is 13.2 Å². The minimum Gasteiger partial charge on any atom is -0.748 e. The summed E-state index contributed by atoms with van der Waals surface area (Å²) in [6.45, 7) is 6.50. The van der Waals surface area contributed by atoms with Crippen LogP contribution in [0.5, 0.6) is 0 Å². The van der Waals surface area contributed by atoms with Gasteiger partial charge in [-0.05, 0) is 20.3 Å². The molecular weight excluding hydrogens is 338 g/mol. The van der Waals surface area contributed by atoms with E-state index in [0.29, 0.717) is 6.54 Å². The maximum Gasteiger partial charge on any atom is 0.316 e. The maximum atomic E-state index is 12.2. The fourth-order valence-electron chi connectivity index (χ4n) is 2.95. The van der Waals surface area contributed by atoms with Crippen molar-refractivity contribution in [2.24, 2.45) is 5.41 Å². The first-order valence-electron chi connectivity index (χ1n) is 10.0. The predicted octanol–water partition coefficient (Wildman–Crippen LogP) is 3.35. The molecule has 0 heterocycles. The largest absolute Gasteiger partial charge is 0.748 e. The zero-order valence-electron chi connectivity index (χ0n) is 16.5. The van der Waals surface area contributed by atoms with Crippen molar-refractivity contribution >= 4 is 16.0 Å². The molecule has 0 saturated heterocycles. The summed E-state index contributed by atoms with van der Waals surface area (Å²) in [6, 6.07) is 0. The highest BCUT2D eigenvalue weighted by atomic mass is 32.2. The fourth-order valence-corrected chi connectivity index (χ4v) is 3.47. The molecule has 6 heteroatoms. The van der Waals surface area contributed by atoms with Gasteiger partial charge in [0.1, 0.15) is 0 Å². The summed E-state index contributed by atoms with van der Waals surface area (Å²) in [7, 11) is -4.17. The average molecular weight is 378 g/mol. The van der Waals surface area contributed by atoms with Crippen molar-refractivity contribution < 1.29 is 23.1 Å². The highest BCUT2D eigenvalue weighted by molar-refractivity contribution is 7.85. The molecule has 25 heavy (non-hydrogen) atoms. The van der Waals surface area contributed by atoms with Crippen molar-refractivity contribution in [3.05, 3.63) is 0 Å². The number of hydrogen-bond donors (Lipinski definition) is 1. The van der Waals surface area contributed by atoms with Crippen LogP contribution < -0.4 is 5.32 Å². The maximum absolute atomic E-state index is 12.2. The second-order valence-electron chi connectivity index (χ2n) is 7.79. The standard InChI is InChI=1S/C19H39NO4S/c1-4-5-6-7-8-9-10-11-12-13-15-19(2,3)18(21)20-16-14-17-25(22,23)24/h4-17H2,1-3H3,(H,20,21)(H,22,23,24). The molecule has 0 bridgehead atoms. The first-order chi connectivity index (χ1) is 11.7. The zero-order valence-corrected chi connectivity index (χ0v) is 17.3. The second kappa shape index (κ2) is 13.7. The lowest BCUT2D eigenvalue weighted by atomic mass is 9.85. The molecule has 0 aromatic carbocycles. The van der Waals surface area contributed by atoms with E-state index in [1.807, 2.05) is 13.8 Å². The van der Waals surface area contributed by atoms with Gasteiger partial charge in [-0.3, -0.25) is 5.32 Å². The molecule has 0 saturated carbocycles. The van der Waals surface area contributed by atoms with E-state index in [2.05, 4.69) is 6.92 Å². The van der Waals surface area contributed by atoms with E-state index in [1.54, 1.807) is 5.32 Å². The Balaban J connectivity index is 3.66. The van der Waals surface area contributed by atoms with Crippen LogP contribution >= 0.6 is 0 Å². The second-order valence-corrected chi connectivity index (χ2v) is 9.31. The number of rotatable bonds is 16. The highest BCUT2D eigenvalue weighted by Gasteiger charge is 2.30. The number of carbonyl (C=O) groups is 1. The lowest BCUT2D eigenvalue weighted by Crippen LogP contribution is -2.90. The third-order valence-electron chi connectivity index (χ3n) is 4.75. The van der Waals surface area contributed by atoms with Gasteiger partial charge < -0.3 is 4.55 Å². The number of carbonyl (C=O) groups excluding carboxylic acids is 1. The molecule has 2 N–H and O–H groups in total. The third-order valence-corrected chi connectivity index (χ3v) is 5.54. The summed E-state index contributed by atoms with van der Waals surface area (Å²) in [5.41, 5.74) is -0.392. The first-order valence-corrected chi connectivity index (χ1v) is 11.6. The van der Waals surface area contributed by atoms with Crippen LogP contribution in [-0.4, -0.2) is 31.2 Å². The Kier molecular flexibility index (Phi) is 13.5. The molecule has 1 amide bonds. The van der Waals surface area contributed by atoms with Crippen LogP contribution in [0.1, 0.15) is 97.8 Å². The molecule has 0 aromatic heterocycles. The summed E-state index contributed by atoms with van der Waals surface area (Å²) >= 11 is 0. The Morgan fingerprint density at radius 2 is 1.36 bits per heavy atom. The first kappa shape index (κ1) is 24.5. The van der Waals surface area contributed by atoms with Crippen molar-refractivity contribution in [3.8, 4) is 0 Å². The van der Waals surface area contributed by atoms with Gasteiger partial charge in [0.15, 0.2) is 0 Å². The van der Waals surface area contributed by atoms with Gasteiger partial charge in [0.05, 0.1) is 22.1 Å². The number of amides is 1. The topological polar surface area (TPSA) is 90.9 Å². The Morgan fingerprint density at radius 3 is 1.84 bits per heavy atom. The number of unbranched alkanes of at least 4 members (excludes halogenated alkanes) is 9. The van der Waals surface area contributed by atoms with Crippen LogP contribution in [0.15, 0.2) is 0 Å². The van der Waals surface area contributed by atoms with Gasteiger partial charge in [-0.15, -0.1) is 0 Å². The van der Waals surface area contributed by atoms with Gasteiger partial charge in [0.2, 0.25) is 0 Å². The molecule has 0 unspecified atom stereocenters. The SMILES string of the molecule is CCCCCCCCCCCCC(C)(C)C(=O)[NH2+]CCCS(=O)(=O)[O-]. The quantitative estimate of drug-likeness (QED) is 0.330. The van der Waals surface area contributed by atoms with Crippen LogP contribution in [0.25, 0.3) is 0 Å². The van der Waals surface area contributed by atoms with Gasteiger partial charge in [-0.2, -0.15) is 0 Å². The minimum atomic E-state index is -4.17. The molecule has 150 valence electrons. The zero-order chi connectivity index (χ0) is 19.2. The summed E-state index contributed by atoms with van der Waals surface area (Å²) in [4.78, 5) is 12.2. The molecule has 0 aliphatic heterocycles. The van der Waals surface area contributed by atoms with E-state index in [0.717, 1.165) is 12.8 Å². The monoisotopic (exact) mass is 377 g/mol. The van der Waals surface area contributed by atoms with E-state index in [4.69, 9.17) is 0 Å². The van der Waals surface area contributed by atoms with E-state index in [-0.39, 0.29) is 12.3 Å². The van der Waals surface area contributed by atoms with Crippen LogP contribution in [0.4, 0.5) is 0 Å². The summed E-state index contributed by atoms with van der Waals surface area (Å²) in [6.07, 6.45) is 13.9. The van der Waals surface area contributed by atoms with Crippen molar-refractivity contribution in [2.75, 3.05) is 12.3 Å². The Morgan fingerprint density at radius 1 is 0.880 bits per heavy atom. The normalized spacial score (nSPS) is 12.5. The van der Waals surface area contributed by atoms with Gasteiger partial charge in [0.25, 0.3) is 0 Å². The van der Waals surface area contributed by atoms with Crippen molar-refractivity contribution in [1.82, 2.24) is 0 Å². The van der Waals surface area contributed by atoms with Crippen LogP contribution in [0.3, 0.4) is 0 Å². The van der Waals surface area contributed by atoms with Crippen LogP contribution in [0, 0.1) is 5.41 Å². The van der Waals surface area contributed by atoms with E-state index >= 15 is 0 Å². The molecular formula is C19H39NO4S. The molecule has 0 rings (SSSR count). The molecule has 0 atom stereocenters. The van der Waals surface area contributed by atoms with E-state index in [1.165, 1.54) is 57.8 Å². The highest BCUT2D eigenvalue weighted by Crippen LogP contribution is 2.23. The molecule has 5 nitrogen and oxygen atoms in total. The summed E-state index contributed by atoms with van der Waals surface area (Å²) < 4.78 is 31.6. The van der Waals surface area contributed by atoms with E-state index < -0.39 is 21.3 Å². The van der Waals surface area contributed by atoms with Crippen molar-refractivity contribution in [1.29, 1.82) is 0 Å². The molecule has 0 spiro atoms. The van der Waals surface area contributed by atoms with Gasteiger partial charge in [-0.1, -0.05) is 71.1 Å². The van der Waals surface area contributed by atoms with Crippen molar-refractivity contribution in [3.63, 3.8) is 0 Å². The number of primary amides is 1. The summed E-state index contributed by atoms with van der Waals surface area (Å²) in [5.74, 6) is -0.331. The third kappa shape index (κ3) is 15.5. The average Bonchev–Trinajstić information content (AvgIpc) is 2.52. The lowest BCUT2D eigenvalue weighted by molar-refractivity contribution is -0.574. The van der Waals surface area contributed by atoms with E-state index in [9.17, 15) is 17.8 Å². The fraction of sp³-hybridized carbons (Fsp3) is 0.947. The van der Waals surface area contributed by atoms with Crippen LogP contribution in [0.2, 0.25) is 0 Å². The van der Waals surface area contributed by atoms with Gasteiger partial charge in [0, 0.05) is 12.2 Å². The molecule has 0 aliphatic carbocycles. The minimum absolute atomic E-state index is 0.0618. The Hall–Kier alpha value is -0.460. The number of hydrogen-bond acceptors (Lipinski definition) is 4. The Labute approximate surface area is 155 Å².